The largest absolute Gasteiger partial charge is 0.357 e. The lowest BCUT2D eigenvalue weighted by Gasteiger charge is -2.21. The molecule has 27 heavy (non-hydrogen) atoms. The molecule has 1 saturated heterocycles. The molecule has 1 fully saturated rings. The molecule has 2 unspecified atom stereocenters. The van der Waals surface area contributed by atoms with Crippen molar-refractivity contribution in [2.45, 2.75) is 53.1 Å². The Morgan fingerprint density at radius 3 is 2.74 bits per heavy atom. The van der Waals surface area contributed by atoms with E-state index in [-0.39, 0.29) is 5.91 Å². The van der Waals surface area contributed by atoms with E-state index in [2.05, 4.69) is 51.6 Å². The first kappa shape index (κ1) is 21.2. The summed E-state index contributed by atoms with van der Waals surface area (Å²) in [7, 11) is 0. The number of rotatable bonds is 7. The summed E-state index contributed by atoms with van der Waals surface area (Å²) in [5.41, 5.74) is 1.07. The van der Waals surface area contributed by atoms with Gasteiger partial charge in [-0.2, -0.15) is 0 Å². The molecule has 0 aliphatic carbocycles. The first-order chi connectivity index (χ1) is 12.9. The lowest BCUT2D eigenvalue weighted by atomic mass is 10.1. The van der Waals surface area contributed by atoms with Gasteiger partial charge in [0.15, 0.2) is 5.96 Å². The minimum absolute atomic E-state index is 0.0776. The van der Waals surface area contributed by atoms with Gasteiger partial charge in [0, 0.05) is 44.3 Å². The number of aliphatic imine (C=N–C) groups is 1. The van der Waals surface area contributed by atoms with Crippen LogP contribution in [0, 0.1) is 12.8 Å². The summed E-state index contributed by atoms with van der Waals surface area (Å²) in [6, 6.07) is 4.66. The van der Waals surface area contributed by atoms with Crippen LogP contribution < -0.4 is 16.0 Å². The Kier molecular flexibility index (Phi) is 8.03. The molecule has 0 bridgehead atoms. The number of aryl methyl sites for hydroxylation is 1. The summed E-state index contributed by atoms with van der Waals surface area (Å²) in [5.74, 6) is 1.84. The number of pyridine rings is 1. The molecule has 0 spiro atoms. The molecule has 150 valence electrons. The van der Waals surface area contributed by atoms with E-state index in [1.165, 1.54) is 0 Å². The van der Waals surface area contributed by atoms with Gasteiger partial charge < -0.3 is 16.0 Å². The van der Waals surface area contributed by atoms with Crippen molar-refractivity contribution in [1.29, 1.82) is 0 Å². The van der Waals surface area contributed by atoms with Crippen LogP contribution in [0.3, 0.4) is 0 Å². The number of likely N-dealkylation sites (tertiary alicyclic amines) is 1. The van der Waals surface area contributed by atoms with Gasteiger partial charge in [0.1, 0.15) is 5.82 Å². The predicted octanol–water partition coefficient (Wildman–Crippen LogP) is 2.00. The summed E-state index contributed by atoms with van der Waals surface area (Å²) in [4.78, 5) is 23.3. The third-order valence-electron chi connectivity index (χ3n) is 4.82. The van der Waals surface area contributed by atoms with Crippen molar-refractivity contribution in [3.63, 3.8) is 0 Å². The second-order valence-electron chi connectivity index (χ2n) is 7.56. The van der Waals surface area contributed by atoms with Gasteiger partial charge >= 0.3 is 0 Å². The fraction of sp³-hybridized carbons (Fsp3) is 0.650. The standard InChI is InChI=1S/C20H34N6O/c1-6-21-20(24-17-13-26(14(2)3)12-16(17)5)22-10-9-19(27)25-18-8-7-15(4)11-23-18/h7-8,11,14,16-17H,6,9-10,12-13H2,1-5H3,(H2,21,22,24)(H,23,25,27). The molecule has 0 aromatic carbocycles. The molecule has 3 N–H and O–H groups in total. The topological polar surface area (TPSA) is 81.6 Å². The number of anilines is 1. The number of amides is 1. The zero-order chi connectivity index (χ0) is 19.8. The zero-order valence-electron chi connectivity index (χ0n) is 17.2. The average Bonchev–Trinajstić information content (AvgIpc) is 2.98. The molecular weight excluding hydrogens is 340 g/mol. The molecule has 2 heterocycles. The molecule has 1 aliphatic rings. The average molecular weight is 375 g/mol. The third kappa shape index (κ3) is 6.82. The van der Waals surface area contributed by atoms with E-state index in [0.29, 0.717) is 36.8 Å². The van der Waals surface area contributed by atoms with Gasteiger partial charge in [0.05, 0.1) is 6.54 Å². The number of carbonyl (C=O) groups is 1. The lowest BCUT2D eigenvalue weighted by Crippen LogP contribution is -2.47. The van der Waals surface area contributed by atoms with E-state index in [9.17, 15) is 4.79 Å². The smallest absolute Gasteiger partial charge is 0.227 e. The van der Waals surface area contributed by atoms with Crippen molar-refractivity contribution in [3.05, 3.63) is 23.9 Å². The van der Waals surface area contributed by atoms with Crippen LogP contribution >= 0.6 is 0 Å². The molecule has 0 radical (unpaired) electrons. The minimum atomic E-state index is -0.0776. The second kappa shape index (κ2) is 10.3. The van der Waals surface area contributed by atoms with E-state index in [1.54, 1.807) is 6.20 Å². The fourth-order valence-electron chi connectivity index (χ4n) is 3.13. The molecule has 1 amide bonds. The molecule has 0 saturated carbocycles. The third-order valence-corrected chi connectivity index (χ3v) is 4.82. The lowest BCUT2D eigenvalue weighted by molar-refractivity contribution is -0.116. The van der Waals surface area contributed by atoms with Gasteiger partial charge in [-0.1, -0.05) is 13.0 Å². The molecule has 2 atom stereocenters. The molecule has 7 nitrogen and oxygen atoms in total. The maximum atomic E-state index is 12.1. The van der Waals surface area contributed by atoms with E-state index < -0.39 is 0 Å². The van der Waals surface area contributed by atoms with E-state index in [0.717, 1.165) is 31.2 Å². The van der Waals surface area contributed by atoms with Crippen LogP contribution in [0.25, 0.3) is 0 Å². The number of aromatic nitrogens is 1. The first-order valence-electron chi connectivity index (χ1n) is 9.90. The number of carbonyl (C=O) groups excluding carboxylic acids is 1. The van der Waals surface area contributed by atoms with E-state index in [1.807, 2.05) is 26.0 Å². The number of hydrogen-bond acceptors (Lipinski definition) is 4. The predicted molar refractivity (Wildman–Crippen MR) is 111 cm³/mol. The van der Waals surface area contributed by atoms with Gasteiger partial charge in [0.2, 0.25) is 5.91 Å². The first-order valence-corrected chi connectivity index (χ1v) is 9.90. The van der Waals surface area contributed by atoms with Gasteiger partial charge in [-0.15, -0.1) is 0 Å². The molecular formula is C20H34N6O. The highest BCUT2D eigenvalue weighted by atomic mass is 16.1. The van der Waals surface area contributed by atoms with Crippen LogP contribution in [0.1, 0.15) is 39.7 Å². The quantitative estimate of drug-likeness (QED) is 0.502. The highest BCUT2D eigenvalue weighted by molar-refractivity contribution is 5.90. The molecule has 1 aromatic rings. The number of nitrogens with one attached hydrogen (secondary N) is 3. The van der Waals surface area contributed by atoms with Crippen molar-refractivity contribution in [2.75, 3.05) is 31.5 Å². The highest BCUT2D eigenvalue weighted by Crippen LogP contribution is 2.18. The van der Waals surface area contributed by atoms with E-state index in [4.69, 9.17) is 0 Å². The number of nitrogens with zero attached hydrogens (tertiary/aromatic N) is 3. The highest BCUT2D eigenvalue weighted by Gasteiger charge is 2.31. The maximum absolute atomic E-state index is 12.1. The summed E-state index contributed by atoms with van der Waals surface area (Å²) < 4.78 is 0. The zero-order valence-corrected chi connectivity index (χ0v) is 17.2. The Labute approximate surface area is 163 Å². The summed E-state index contributed by atoms with van der Waals surface area (Å²) >= 11 is 0. The summed E-state index contributed by atoms with van der Waals surface area (Å²) in [6.45, 7) is 14.1. The van der Waals surface area contributed by atoms with Gasteiger partial charge in [-0.25, -0.2) is 4.98 Å². The maximum Gasteiger partial charge on any atom is 0.227 e. The van der Waals surface area contributed by atoms with Crippen LogP contribution in [0.4, 0.5) is 5.82 Å². The summed E-state index contributed by atoms with van der Waals surface area (Å²) in [5, 5.41) is 9.62. The van der Waals surface area contributed by atoms with Crippen molar-refractivity contribution >= 4 is 17.7 Å². The van der Waals surface area contributed by atoms with Crippen molar-refractivity contribution < 1.29 is 4.79 Å². The molecule has 1 aliphatic heterocycles. The fourth-order valence-corrected chi connectivity index (χ4v) is 3.13. The second-order valence-corrected chi connectivity index (χ2v) is 7.56. The summed E-state index contributed by atoms with van der Waals surface area (Å²) in [6.07, 6.45) is 2.06. The Morgan fingerprint density at radius 2 is 2.15 bits per heavy atom. The van der Waals surface area contributed by atoms with Crippen LogP contribution in [-0.4, -0.2) is 60.0 Å². The Morgan fingerprint density at radius 1 is 1.37 bits per heavy atom. The normalized spacial score (nSPS) is 20.7. The van der Waals surface area contributed by atoms with E-state index >= 15 is 0 Å². The van der Waals surface area contributed by atoms with Crippen LogP contribution in [0.5, 0.6) is 0 Å². The van der Waals surface area contributed by atoms with Crippen LogP contribution in [0.2, 0.25) is 0 Å². The van der Waals surface area contributed by atoms with Gasteiger partial charge in [-0.3, -0.25) is 14.7 Å². The molecule has 2 rings (SSSR count). The minimum Gasteiger partial charge on any atom is -0.357 e. The van der Waals surface area contributed by atoms with Crippen molar-refractivity contribution in [2.24, 2.45) is 10.9 Å². The van der Waals surface area contributed by atoms with Crippen LogP contribution in [-0.2, 0) is 4.79 Å². The number of hydrogen-bond donors (Lipinski definition) is 3. The number of guanidine groups is 1. The van der Waals surface area contributed by atoms with Crippen molar-refractivity contribution in [3.8, 4) is 0 Å². The van der Waals surface area contributed by atoms with Crippen LogP contribution in [0.15, 0.2) is 23.3 Å². The Balaban J connectivity index is 1.84. The van der Waals surface area contributed by atoms with Gasteiger partial charge in [-0.05, 0) is 45.2 Å². The monoisotopic (exact) mass is 374 g/mol. The Bertz CT molecular complexity index is 628. The molecule has 1 aromatic heterocycles. The van der Waals surface area contributed by atoms with Gasteiger partial charge in [0.25, 0.3) is 0 Å². The Hall–Kier alpha value is -2.15. The van der Waals surface area contributed by atoms with Crippen molar-refractivity contribution in [1.82, 2.24) is 20.5 Å². The SMILES string of the molecule is CCNC(=NCCC(=O)Nc1ccc(C)cn1)NC1CN(C(C)C)CC1C. The molecule has 7 heteroatoms.